The summed E-state index contributed by atoms with van der Waals surface area (Å²) in [4.78, 5) is 11.9. The summed E-state index contributed by atoms with van der Waals surface area (Å²) in [6, 6.07) is 5.71. The van der Waals surface area contributed by atoms with E-state index in [1.165, 1.54) is 0 Å². The van der Waals surface area contributed by atoms with E-state index in [1.54, 1.807) is 0 Å². The van der Waals surface area contributed by atoms with Crippen molar-refractivity contribution >= 4 is 5.91 Å². The van der Waals surface area contributed by atoms with Crippen molar-refractivity contribution in [2.24, 2.45) is 0 Å². The van der Waals surface area contributed by atoms with Crippen molar-refractivity contribution in [2.75, 3.05) is 39.5 Å². The zero-order valence-corrected chi connectivity index (χ0v) is 16.4. The fourth-order valence-electron chi connectivity index (χ4n) is 2.26. The predicted octanol–water partition coefficient (Wildman–Crippen LogP) is 1.05. The van der Waals surface area contributed by atoms with Crippen LogP contribution in [-0.4, -0.2) is 56.0 Å². The van der Waals surface area contributed by atoms with Gasteiger partial charge in [-0.3, -0.25) is 4.79 Å². The van der Waals surface area contributed by atoms with Crippen LogP contribution in [0, 0.1) is 0 Å². The fourth-order valence-corrected chi connectivity index (χ4v) is 2.26. The molecule has 0 aliphatic heterocycles. The van der Waals surface area contributed by atoms with E-state index in [0.717, 1.165) is 18.7 Å². The molecule has 0 aliphatic rings. The number of benzene rings is 1. The number of ether oxygens (including phenoxy) is 2. The first-order valence-corrected chi connectivity index (χ1v) is 9.07. The van der Waals surface area contributed by atoms with Crippen LogP contribution >= 0.6 is 0 Å². The molecule has 0 radical (unpaired) electrons. The van der Waals surface area contributed by atoms with E-state index < -0.39 is 0 Å². The van der Waals surface area contributed by atoms with Gasteiger partial charge in [0.25, 0.3) is 5.91 Å². The smallest absolute Gasteiger partial charge is 0.258 e. The minimum absolute atomic E-state index is 0.0501. The molecule has 0 aliphatic carbocycles. The van der Waals surface area contributed by atoms with Gasteiger partial charge in [-0.25, -0.2) is 0 Å². The van der Waals surface area contributed by atoms with Gasteiger partial charge < -0.3 is 30.5 Å². The number of aliphatic hydroxyl groups is 1. The highest BCUT2D eigenvalue weighted by molar-refractivity contribution is 5.78. The second-order valence-corrected chi connectivity index (χ2v) is 6.95. The Hall–Kier alpha value is -1.83. The highest BCUT2D eigenvalue weighted by atomic mass is 16.5. The van der Waals surface area contributed by atoms with Crippen LogP contribution < -0.4 is 25.4 Å². The van der Waals surface area contributed by atoms with E-state index in [-0.39, 0.29) is 24.7 Å². The van der Waals surface area contributed by atoms with E-state index in [2.05, 4.69) is 16.0 Å². The molecule has 0 unspecified atom stereocenters. The molecule has 26 heavy (non-hydrogen) atoms. The van der Waals surface area contributed by atoms with Crippen LogP contribution in [0.4, 0.5) is 0 Å². The second kappa shape index (κ2) is 11.7. The standard InChI is InChI=1S/C19H33N3O4/c1-5-25-17-12-15(13-21-9-8-20-10-11-23)6-7-16(17)26-14-18(24)22-19(2,3)4/h6-7,12,20-21,23H,5,8-11,13-14H2,1-4H3,(H,22,24). The molecule has 1 aromatic carbocycles. The molecule has 0 saturated heterocycles. The fraction of sp³-hybridized carbons (Fsp3) is 0.632. The van der Waals surface area contributed by atoms with Crippen LogP contribution in [-0.2, 0) is 11.3 Å². The van der Waals surface area contributed by atoms with Crippen LogP contribution in [0.5, 0.6) is 11.5 Å². The van der Waals surface area contributed by atoms with E-state index in [1.807, 2.05) is 45.9 Å². The summed E-state index contributed by atoms with van der Waals surface area (Å²) in [7, 11) is 0. The number of hydrogen-bond donors (Lipinski definition) is 4. The number of carbonyl (C=O) groups excluding carboxylic acids is 1. The summed E-state index contributed by atoms with van der Waals surface area (Å²) >= 11 is 0. The summed E-state index contributed by atoms with van der Waals surface area (Å²) in [6.07, 6.45) is 0. The maximum Gasteiger partial charge on any atom is 0.258 e. The Morgan fingerprint density at radius 3 is 2.46 bits per heavy atom. The number of hydrogen-bond acceptors (Lipinski definition) is 6. The molecule has 1 aromatic rings. The molecule has 0 saturated carbocycles. The van der Waals surface area contributed by atoms with Crippen molar-refractivity contribution < 1.29 is 19.4 Å². The molecular weight excluding hydrogens is 334 g/mol. The molecule has 0 aromatic heterocycles. The van der Waals surface area contributed by atoms with E-state index in [0.29, 0.717) is 31.2 Å². The van der Waals surface area contributed by atoms with Crippen LogP contribution in [0.1, 0.15) is 33.3 Å². The molecule has 0 spiro atoms. The quantitative estimate of drug-likeness (QED) is 0.413. The molecule has 0 fully saturated rings. The molecular formula is C19H33N3O4. The van der Waals surface area contributed by atoms with Crippen LogP contribution in [0.2, 0.25) is 0 Å². The highest BCUT2D eigenvalue weighted by Crippen LogP contribution is 2.28. The van der Waals surface area contributed by atoms with E-state index in [9.17, 15) is 4.79 Å². The molecule has 1 rings (SSSR count). The normalized spacial score (nSPS) is 11.3. The summed E-state index contributed by atoms with van der Waals surface area (Å²) in [5.74, 6) is 1.03. The second-order valence-electron chi connectivity index (χ2n) is 6.95. The van der Waals surface area contributed by atoms with Gasteiger partial charge in [0.1, 0.15) is 0 Å². The van der Waals surface area contributed by atoms with E-state index in [4.69, 9.17) is 14.6 Å². The van der Waals surface area contributed by atoms with Gasteiger partial charge in [0.15, 0.2) is 18.1 Å². The number of carbonyl (C=O) groups is 1. The monoisotopic (exact) mass is 367 g/mol. The van der Waals surface area contributed by atoms with Gasteiger partial charge in [-0.2, -0.15) is 0 Å². The largest absolute Gasteiger partial charge is 0.490 e. The first-order valence-electron chi connectivity index (χ1n) is 9.07. The summed E-state index contributed by atoms with van der Waals surface area (Å²) in [6.45, 7) is 11.2. The van der Waals surface area contributed by atoms with Gasteiger partial charge in [-0.1, -0.05) is 6.07 Å². The van der Waals surface area contributed by atoms with Crippen molar-refractivity contribution in [3.05, 3.63) is 23.8 Å². The van der Waals surface area contributed by atoms with Crippen LogP contribution in [0.3, 0.4) is 0 Å². The third kappa shape index (κ3) is 9.60. The van der Waals surface area contributed by atoms with Gasteiger partial charge in [0.05, 0.1) is 13.2 Å². The van der Waals surface area contributed by atoms with Crippen molar-refractivity contribution in [3.63, 3.8) is 0 Å². The van der Waals surface area contributed by atoms with Crippen LogP contribution in [0.15, 0.2) is 18.2 Å². The van der Waals surface area contributed by atoms with Gasteiger partial charge in [-0.15, -0.1) is 0 Å². The Kier molecular flexibility index (Phi) is 10.0. The molecule has 7 heteroatoms. The average Bonchev–Trinajstić information content (AvgIpc) is 2.56. The average molecular weight is 367 g/mol. The minimum atomic E-state index is -0.287. The number of amides is 1. The molecule has 148 valence electrons. The molecule has 7 nitrogen and oxygen atoms in total. The minimum Gasteiger partial charge on any atom is -0.490 e. The molecule has 0 bridgehead atoms. The van der Waals surface area contributed by atoms with Gasteiger partial charge in [0.2, 0.25) is 0 Å². The van der Waals surface area contributed by atoms with Crippen molar-refractivity contribution in [2.45, 2.75) is 39.8 Å². The number of aliphatic hydroxyl groups excluding tert-OH is 1. The van der Waals surface area contributed by atoms with Crippen molar-refractivity contribution in [1.29, 1.82) is 0 Å². The van der Waals surface area contributed by atoms with Gasteiger partial charge in [0, 0.05) is 31.7 Å². The SMILES string of the molecule is CCOc1cc(CNCCNCCO)ccc1OCC(=O)NC(C)(C)C. The van der Waals surface area contributed by atoms with Gasteiger partial charge in [-0.05, 0) is 45.4 Å². The molecule has 1 amide bonds. The highest BCUT2D eigenvalue weighted by Gasteiger charge is 2.15. The van der Waals surface area contributed by atoms with Crippen LogP contribution in [0.25, 0.3) is 0 Å². The Labute approximate surface area is 156 Å². The lowest BCUT2D eigenvalue weighted by atomic mass is 10.1. The Bertz CT molecular complexity index is 544. The zero-order chi connectivity index (χ0) is 19.4. The zero-order valence-electron chi connectivity index (χ0n) is 16.4. The first-order chi connectivity index (χ1) is 12.4. The summed E-state index contributed by atoms with van der Waals surface area (Å²) in [5.41, 5.74) is 0.784. The number of nitrogens with one attached hydrogen (secondary N) is 3. The Morgan fingerprint density at radius 2 is 1.81 bits per heavy atom. The maximum absolute atomic E-state index is 11.9. The topological polar surface area (TPSA) is 91.8 Å². The van der Waals surface area contributed by atoms with Gasteiger partial charge >= 0.3 is 0 Å². The molecule has 0 heterocycles. The lowest BCUT2D eigenvalue weighted by Gasteiger charge is -2.21. The maximum atomic E-state index is 11.9. The van der Waals surface area contributed by atoms with Crippen molar-refractivity contribution in [1.82, 2.24) is 16.0 Å². The lowest BCUT2D eigenvalue weighted by Crippen LogP contribution is -2.43. The molecule has 0 atom stereocenters. The third-order valence-corrected chi connectivity index (χ3v) is 3.28. The predicted molar refractivity (Wildman–Crippen MR) is 103 cm³/mol. The van der Waals surface area contributed by atoms with E-state index >= 15 is 0 Å². The lowest BCUT2D eigenvalue weighted by molar-refractivity contribution is -0.124. The number of rotatable bonds is 12. The Balaban J connectivity index is 2.55. The third-order valence-electron chi connectivity index (χ3n) is 3.28. The summed E-state index contributed by atoms with van der Waals surface area (Å²) in [5, 5.41) is 18.0. The Morgan fingerprint density at radius 1 is 1.08 bits per heavy atom. The molecule has 4 N–H and O–H groups in total. The summed E-state index contributed by atoms with van der Waals surface area (Å²) < 4.78 is 11.3. The first kappa shape index (κ1) is 22.2. The van der Waals surface area contributed by atoms with Crippen molar-refractivity contribution in [3.8, 4) is 11.5 Å².